The summed E-state index contributed by atoms with van der Waals surface area (Å²) in [4.78, 5) is 39.3. The lowest BCUT2D eigenvalue weighted by atomic mass is 9.69. The van der Waals surface area contributed by atoms with Crippen molar-refractivity contribution in [1.29, 1.82) is 0 Å². The summed E-state index contributed by atoms with van der Waals surface area (Å²) >= 11 is 0. The maximum absolute atomic E-state index is 13.7. The zero-order valence-electron chi connectivity index (χ0n) is 19.0. The van der Waals surface area contributed by atoms with E-state index in [2.05, 4.69) is 5.32 Å². The van der Waals surface area contributed by atoms with Gasteiger partial charge in [0.1, 0.15) is 18.3 Å². The number of esters is 2. The van der Waals surface area contributed by atoms with Gasteiger partial charge in [0.2, 0.25) is 0 Å². The first-order valence-corrected chi connectivity index (χ1v) is 10.5. The number of ketones is 1. The average molecular weight is 443 g/mol. The van der Waals surface area contributed by atoms with E-state index in [0.717, 1.165) is 0 Å². The Kier molecular flexibility index (Phi) is 7.35. The molecule has 172 valence electrons. The van der Waals surface area contributed by atoms with E-state index in [0.29, 0.717) is 40.3 Å². The van der Waals surface area contributed by atoms with Gasteiger partial charge in [0.15, 0.2) is 5.78 Å². The molecule has 1 N–H and O–H groups in total. The molecule has 0 amide bonds. The molecular formula is C24H29NO7. The Balaban J connectivity index is 2.16. The van der Waals surface area contributed by atoms with Gasteiger partial charge < -0.3 is 24.3 Å². The summed E-state index contributed by atoms with van der Waals surface area (Å²) in [5.74, 6) is -2.90. The molecule has 1 aliphatic carbocycles. The van der Waals surface area contributed by atoms with Crippen LogP contribution in [0.2, 0.25) is 0 Å². The highest BCUT2D eigenvalue weighted by Crippen LogP contribution is 2.47. The van der Waals surface area contributed by atoms with E-state index in [1.165, 1.54) is 21.3 Å². The minimum Gasteiger partial charge on any atom is -0.496 e. The number of allylic oxidation sites excluding steroid dienone is 3. The molecule has 3 atom stereocenters. The molecule has 8 nitrogen and oxygen atoms in total. The normalized spacial score (nSPS) is 22.8. The highest BCUT2D eigenvalue weighted by molar-refractivity contribution is 6.12. The van der Waals surface area contributed by atoms with E-state index in [9.17, 15) is 14.4 Å². The lowest BCUT2D eigenvalue weighted by Crippen LogP contribution is -2.43. The number of hydrogen-bond donors (Lipinski definition) is 1. The number of hydrogen-bond acceptors (Lipinski definition) is 8. The van der Waals surface area contributed by atoms with Gasteiger partial charge in [0.05, 0.1) is 32.3 Å². The van der Waals surface area contributed by atoms with E-state index in [1.54, 1.807) is 13.0 Å². The van der Waals surface area contributed by atoms with Crippen LogP contribution in [0.5, 0.6) is 5.75 Å². The monoisotopic (exact) mass is 443 g/mol. The molecule has 1 heterocycles. The topological polar surface area (TPSA) is 100 Å². The highest BCUT2D eigenvalue weighted by atomic mass is 16.6. The van der Waals surface area contributed by atoms with Crippen LogP contribution in [-0.4, -0.2) is 52.3 Å². The third-order valence-corrected chi connectivity index (χ3v) is 5.93. The van der Waals surface area contributed by atoms with E-state index in [1.807, 2.05) is 25.1 Å². The number of ether oxygens (including phenoxy) is 4. The van der Waals surface area contributed by atoms with Crippen LogP contribution in [0, 0.1) is 11.8 Å². The van der Waals surface area contributed by atoms with Gasteiger partial charge in [-0.1, -0.05) is 25.1 Å². The van der Waals surface area contributed by atoms with Gasteiger partial charge >= 0.3 is 11.9 Å². The lowest BCUT2D eigenvalue weighted by Gasteiger charge is -2.38. The van der Waals surface area contributed by atoms with Gasteiger partial charge in [-0.2, -0.15) is 0 Å². The van der Waals surface area contributed by atoms with Gasteiger partial charge in [-0.3, -0.25) is 9.59 Å². The number of para-hydroxylation sites is 1. The second kappa shape index (κ2) is 9.99. The second-order valence-corrected chi connectivity index (χ2v) is 7.91. The number of nitrogens with one attached hydrogen (secondary N) is 1. The Morgan fingerprint density at radius 2 is 1.84 bits per heavy atom. The van der Waals surface area contributed by atoms with Crippen LogP contribution in [0.25, 0.3) is 0 Å². The van der Waals surface area contributed by atoms with Crippen LogP contribution in [0.4, 0.5) is 0 Å². The number of rotatable bonds is 7. The third-order valence-electron chi connectivity index (χ3n) is 5.93. The Labute approximate surface area is 187 Å². The first kappa shape index (κ1) is 23.5. The molecule has 3 rings (SSSR count). The molecule has 1 aromatic rings. The molecule has 8 heteroatoms. The predicted molar refractivity (Wildman–Crippen MR) is 116 cm³/mol. The fourth-order valence-electron chi connectivity index (χ4n) is 4.46. The number of dihydropyridines is 1. The van der Waals surface area contributed by atoms with Crippen molar-refractivity contribution in [3.63, 3.8) is 0 Å². The molecule has 0 aromatic heterocycles. The molecule has 1 aromatic carbocycles. The van der Waals surface area contributed by atoms with Crippen molar-refractivity contribution in [2.24, 2.45) is 11.8 Å². The largest absolute Gasteiger partial charge is 0.496 e. The van der Waals surface area contributed by atoms with Gasteiger partial charge in [-0.05, 0) is 25.3 Å². The second-order valence-electron chi connectivity index (χ2n) is 7.91. The van der Waals surface area contributed by atoms with Crippen LogP contribution in [-0.2, 0) is 28.6 Å². The summed E-state index contributed by atoms with van der Waals surface area (Å²) in [7, 11) is 4.32. The van der Waals surface area contributed by atoms with Crippen molar-refractivity contribution in [1.82, 2.24) is 5.32 Å². The van der Waals surface area contributed by atoms with Crippen LogP contribution >= 0.6 is 0 Å². The Hall–Kier alpha value is -3.13. The molecule has 0 saturated heterocycles. The van der Waals surface area contributed by atoms with Crippen molar-refractivity contribution in [2.45, 2.75) is 26.2 Å². The molecule has 0 saturated carbocycles. The van der Waals surface area contributed by atoms with Gasteiger partial charge in [-0.15, -0.1) is 0 Å². The predicted octanol–water partition coefficient (Wildman–Crippen LogP) is 2.50. The molecule has 0 unspecified atom stereocenters. The van der Waals surface area contributed by atoms with Crippen LogP contribution in [0.1, 0.15) is 31.7 Å². The Morgan fingerprint density at radius 3 is 2.50 bits per heavy atom. The summed E-state index contributed by atoms with van der Waals surface area (Å²) in [6.45, 7) is 3.95. The molecule has 2 aliphatic rings. The van der Waals surface area contributed by atoms with Crippen LogP contribution in [0.15, 0.2) is 46.8 Å². The zero-order valence-corrected chi connectivity index (χ0v) is 19.0. The standard InChI is InChI=1S/C24H29NO7/c1-13-12-16-21(22(26)18(13)23(27)31-5)20(15-8-6-7-9-17(15)30-4)19(14(2)25-16)24(28)32-11-10-29-3/h6-9,13,18,20,25H,10-12H2,1-5H3/t13-,18-,20+/m0/s1. The van der Waals surface area contributed by atoms with Crippen LogP contribution < -0.4 is 10.1 Å². The van der Waals surface area contributed by atoms with Gasteiger partial charge in [0, 0.05) is 29.6 Å². The quantitative estimate of drug-likeness (QED) is 0.390. The number of carbonyl (C=O) groups is 3. The molecule has 0 spiro atoms. The van der Waals surface area contributed by atoms with E-state index < -0.39 is 23.8 Å². The zero-order chi connectivity index (χ0) is 23.4. The van der Waals surface area contributed by atoms with Crippen molar-refractivity contribution in [3.05, 3.63) is 52.4 Å². The smallest absolute Gasteiger partial charge is 0.336 e. The number of methoxy groups -OCH3 is 3. The maximum Gasteiger partial charge on any atom is 0.336 e. The van der Waals surface area contributed by atoms with Gasteiger partial charge in [0.25, 0.3) is 0 Å². The van der Waals surface area contributed by atoms with Gasteiger partial charge in [-0.25, -0.2) is 4.79 Å². The highest BCUT2D eigenvalue weighted by Gasteiger charge is 2.47. The average Bonchev–Trinajstić information content (AvgIpc) is 2.77. The molecule has 0 fully saturated rings. The summed E-state index contributed by atoms with van der Waals surface area (Å²) in [5, 5.41) is 3.23. The molecule has 0 radical (unpaired) electrons. The van der Waals surface area contributed by atoms with E-state index >= 15 is 0 Å². The lowest BCUT2D eigenvalue weighted by molar-refractivity contribution is -0.151. The molecule has 32 heavy (non-hydrogen) atoms. The summed E-state index contributed by atoms with van der Waals surface area (Å²) in [6, 6.07) is 7.22. The van der Waals surface area contributed by atoms with E-state index in [4.69, 9.17) is 18.9 Å². The number of carbonyl (C=O) groups excluding carboxylic acids is 3. The van der Waals surface area contributed by atoms with Crippen molar-refractivity contribution < 1.29 is 33.3 Å². The number of Topliss-reactive ketones (excluding diaryl/α,β-unsaturated/α-hetero) is 1. The van der Waals surface area contributed by atoms with Crippen molar-refractivity contribution in [2.75, 3.05) is 34.5 Å². The fourth-order valence-corrected chi connectivity index (χ4v) is 4.46. The van der Waals surface area contributed by atoms with Crippen LogP contribution in [0.3, 0.4) is 0 Å². The summed E-state index contributed by atoms with van der Waals surface area (Å²) < 4.78 is 20.9. The SMILES string of the molecule is COCCOC(=O)C1=C(C)NC2=C(C(=O)[C@@H](C(=O)OC)[C@@H](C)C2)[C@@H]1c1ccccc1OC. The minimum absolute atomic E-state index is 0.0758. The number of benzene rings is 1. The van der Waals surface area contributed by atoms with E-state index in [-0.39, 0.29) is 24.9 Å². The van der Waals surface area contributed by atoms with Crippen molar-refractivity contribution >= 4 is 17.7 Å². The summed E-state index contributed by atoms with van der Waals surface area (Å²) in [5.41, 5.74) is 2.61. The Bertz CT molecular complexity index is 978. The molecular weight excluding hydrogens is 414 g/mol. The van der Waals surface area contributed by atoms with Crippen molar-refractivity contribution in [3.8, 4) is 5.75 Å². The third kappa shape index (κ3) is 4.27. The Morgan fingerprint density at radius 1 is 1.12 bits per heavy atom. The summed E-state index contributed by atoms with van der Waals surface area (Å²) in [6.07, 6.45) is 0.468. The molecule has 1 aliphatic heterocycles. The minimum atomic E-state index is -0.943. The maximum atomic E-state index is 13.7. The molecule has 0 bridgehead atoms. The fraction of sp³-hybridized carbons (Fsp3) is 0.458. The first-order valence-electron chi connectivity index (χ1n) is 10.5. The first-order chi connectivity index (χ1) is 15.3.